The number of aryl methyl sites for hydroxylation is 1. The number of benzene rings is 1. The Balaban J connectivity index is 2.22. The Kier molecular flexibility index (Phi) is 2.07. The number of aromatic carboxylic acids is 1. The van der Waals surface area contributed by atoms with Crippen LogP contribution in [0.2, 0.25) is 0 Å². The molecule has 3 rings (SSSR count). The number of carboxylic acid groups (broad SMARTS) is 1. The molecule has 1 aromatic carbocycles. The van der Waals surface area contributed by atoms with Crippen molar-refractivity contribution in [1.82, 2.24) is 9.78 Å². The first kappa shape index (κ1) is 10.1. The topological polar surface area (TPSA) is 67.2 Å². The van der Waals surface area contributed by atoms with Crippen LogP contribution in [0, 0.1) is 0 Å². The zero-order valence-corrected chi connectivity index (χ0v) is 9.47. The summed E-state index contributed by atoms with van der Waals surface area (Å²) >= 11 is 0. The fourth-order valence-corrected chi connectivity index (χ4v) is 2.01. The molecule has 5 heteroatoms. The number of hydrogen-bond acceptors (Lipinski definition) is 3. The maximum Gasteiger partial charge on any atom is 0.336 e. The second-order valence-electron chi connectivity index (χ2n) is 4.40. The molecule has 0 spiro atoms. The van der Waals surface area contributed by atoms with Gasteiger partial charge in [0.05, 0.1) is 16.5 Å². The van der Waals surface area contributed by atoms with Gasteiger partial charge >= 0.3 is 5.97 Å². The van der Waals surface area contributed by atoms with Gasteiger partial charge in [-0.2, -0.15) is 5.10 Å². The number of carboxylic acids is 1. The van der Waals surface area contributed by atoms with Crippen LogP contribution >= 0.6 is 0 Å². The maximum atomic E-state index is 11.2. The highest BCUT2D eigenvalue weighted by Crippen LogP contribution is 2.31. The summed E-state index contributed by atoms with van der Waals surface area (Å²) < 4.78 is 1.71. The minimum atomic E-state index is -0.914. The summed E-state index contributed by atoms with van der Waals surface area (Å²) in [7, 11) is 1.83. The summed E-state index contributed by atoms with van der Waals surface area (Å²) in [5, 5.41) is 17.5. The maximum absolute atomic E-state index is 11.2. The standard InChI is InChI=1S/C12H13N3O2/c1-15-9-4-2-3-8(12(16)17)10(9)11(14-15)13-7-5-6-7/h2-4,7H,5-6H2,1H3,(H,13,14)(H,16,17). The summed E-state index contributed by atoms with van der Waals surface area (Å²) in [4.78, 5) is 11.2. The van der Waals surface area contributed by atoms with Gasteiger partial charge in [0, 0.05) is 13.1 Å². The van der Waals surface area contributed by atoms with Gasteiger partial charge in [-0.25, -0.2) is 4.79 Å². The van der Waals surface area contributed by atoms with E-state index in [0.717, 1.165) is 18.4 Å². The van der Waals surface area contributed by atoms with E-state index in [0.29, 0.717) is 22.8 Å². The summed E-state index contributed by atoms with van der Waals surface area (Å²) in [5.74, 6) is -0.231. The van der Waals surface area contributed by atoms with E-state index in [2.05, 4.69) is 10.4 Å². The molecule has 0 bridgehead atoms. The molecule has 5 nitrogen and oxygen atoms in total. The Morgan fingerprint density at radius 1 is 1.53 bits per heavy atom. The SMILES string of the molecule is Cn1nc(NC2CC2)c2c(C(=O)O)cccc21. The molecule has 0 aliphatic heterocycles. The number of anilines is 1. The lowest BCUT2D eigenvalue weighted by atomic mass is 10.1. The van der Waals surface area contributed by atoms with E-state index in [9.17, 15) is 9.90 Å². The highest BCUT2D eigenvalue weighted by Gasteiger charge is 2.25. The molecule has 0 radical (unpaired) electrons. The largest absolute Gasteiger partial charge is 0.478 e. The van der Waals surface area contributed by atoms with Crippen LogP contribution in [-0.2, 0) is 7.05 Å². The van der Waals surface area contributed by atoms with Crippen LogP contribution < -0.4 is 5.32 Å². The molecule has 1 aliphatic carbocycles. The van der Waals surface area contributed by atoms with Crippen LogP contribution in [0.25, 0.3) is 10.9 Å². The molecular weight excluding hydrogens is 218 g/mol. The molecule has 17 heavy (non-hydrogen) atoms. The molecule has 0 unspecified atom stereocenters. The third-order valence-electron chi connectivity index (χ3n) is 3.03. The second kappa shape index (κ2) is 3.48. The average Bonchev–Trinajstić information content (AvgIpc) is 3.05. The van der Waals surface area contributed by atoms with Gasteiger partial charge < -0.3 is 10.4 Å². The van der Waals surface area contributed by atoms with E-state index >= 15 is 0 Å². The quantitative estimate of drug-likeness (QED) is 0.845. The van der Waals surface area contributed by atoms with E-state index in [1.165, 1.54) is 0 Å². The molecule has 0 atom stereocenters. The minimum absolute atomic E-state index is 0.304. The fraction of sp³-hybridized carbons (Fsp3) is 0.333. The van der Waals surface area contributed by atoms with Gasteiger partial charge in [0.1, 0.15) is 0 Å². The number of nitrogens with zero attached hydrogens (tertiary/aromatic N) is 2. The van der Waals surface area contributed by atoms with Crippen LogP contribution in [0.15, 0.2) is 18.2 Å². The van der Waals surface area contributed by atoms with E-state index in [-0.39, 0.29) is 0 Å². The monoisotopic (exact) mass is 231 g/mol. The van der Waals surface area contributed by atoms with Crippen molar-refractivity contribution in [3.05, 3.63) is 23.8 Å². The third-order valence-corrected chi connectivity index (χ3v) is 3.03. The van der Waals surface area contributed by atoms with Gasteiger partial charge in [-0.3, -0.25) is 4.68 Å². The first-order chi connectivity index (χ1) is 8.16. The predicted molar refractivity (Wildman–Crippen MR) is 64.3 cm³/mol. The van der Waals surface area contributed by atoms with Crippen LogP contribution in [0.5, 0.6) is 0 Å². The lowest BCUT2D eigenvalue weighted by Gasteiger charge is -2.02. The second-order valence-corrected chi connectivity index (χ2v) is 4.40. The summed E-state index contributed by atoms with van der Waals surface area (Å²) in [5.41, 5.74) is 1.15. The van der Waals surface area contributed by atoms with Crippen molar-refractivity contribution in [3.63, 3.8) is 0 Å². The average molecular weight is 231 g/mol. The Morgan fingerprint density at radius 2 is 2.29 bits per heavy atom. The van der Waals surface area contributed by atoms with Gasteiger partial charge in [0.25, 0.3) is 0 Å². The Hall–Kier alpha value is -2.04. The van der Waals surface area contributed by atoms with E-state index in [4.69, 9.17) is 0 Å². The Labute approximate surface area is 98.0 Å². The smallest absolute Gasteiger partial charge is 0.336 e. The molecule has 0 amide bonds. The van der Waals surface area contributed by atoms with Crippen molar-refractivity contribution in [2.45, 2.75) is 18.9 Å². The van der Waals surface area contributed by atoms with E-state index < -0.39 is 5.97 Å². The van der Waals surface area contributed by atoms with Gasteiger partial charge in [0.2, 0.25) is 0 Å². The van der Waals surface area contributed by atoms with Crippen LogP contribution in [0.4, 0.5) is 5.82 Å². The first-order valence-electron chi connectivity index (χ1n) is 5.62. The lowest BCUT2D eigenvalue weighted by molar-refractivity contribution is 0.0699. The molecule has 1 aromatic heterocycles. The highest BCUT2D eigenvalue weighted by molar-refractivity contribution is 6.07. The molecule has 1 saturated carbocycles. The van der Waals surface area contributed by atoms with Crippen molar-refractivity contribution < 1.29 is 9.90 Å². The van der Waals surface area contributed by atoms with Crippen molar-refractivity contribution in [2.75, 3.05) is 5.32 Å². The molecule has 1 heterocycles. The number of hydrogen-bond donors (Lipinski definition) is 2. The molecule has 88 valence electrons. The molecule has 1 fully saturated rings. The first-order valence-corrected chi connectivity index (χ1v) is 5.62. The predicted octanol–water partition coefficient (Wildman–Crippen LogP) is 1.85. The normalized spacial score (nSPS) is 15.1. The summed E-state index contributed by atoms with van der Waals surface area (Å²) in [6.45, 7) is 0. The van der Waals surface area contributed by atoms with Crippen molar-refractivity contribution in [3.8, 4) is 0 Å². The number of aromatic nitrogens is 2. The van der Waals surface area contributed by atoms with Crippen LogP contribution in [0.3, 0.4) is 0 Å². The van der Waals surface area contributed by atoms with Crippen LogP contribution in [-0.4, -0.2) is 26.9 Å². The Bertz CT molecular complexity index is 599. The van der Waals surface area contributed by atoms with Gasteiger partial charge in [-0.05, 0) is 25.0 Å². The number of rotatable bonds is 3. The molecule has 0 saturated heterocycles. The number of nitrogens with one attached hydrogen (secondary N) is 1. The van der Waals surface area contributed by atoms with E-state index in [1.807, 2.05) is 13.1 Å². The van der Waals surface area contributed by atoms with Gasteiger partial charge in [-0.1, -0.05) is 6.07 Å². The van der Waals surface area contributed by atoms with Gasteiger partial charge in [-0.15, -0.1) is 0 Å². The Morgan fingerprint density at radius 3 is 2.94 bits per heavy atom. The molecule has 2 aromatic rings. The number of carbonyl (C=O) groups is 1. The van der Waals surface area contributed by atoms with Crippen molar-refractivity contribution >= 4 is 22.7 Å². The molecular formula is C12H13N3O2. The van der Waals surface area contributed by atoms with Crippen LogP contribution in [0.1, 0.15) is 23.2 Å². The summed E-state index contributed by atoms with van der Waals surface area (Å²) in [6, 6.07) is 5.70. The lowest BCUT2D eigenvalue weighted by Crippen LogP contribution is -2.04. The highest BCUT2D eigenvalue weighted by atomic mass is 16.4. The molecule has 1 aliphatic rings. The summed E-state index contributed by atoms with van der Waals surface area (Å²) in [6.07, 6.45) is 2.26. The van der Waals surface area contributed by atoms with Crippen molar-refractivity contribution in [2.24, 2.45) is 7.05 Å². The zero-order valence-electron chi connectivity index (χ0n) is 9.47. The third kappa shape index (κ3) is 1.63. The van der Waals surface area contributed by atoms with E-state index in [1.54, 1.807) is 16.8 Å². The van der Waals surface area contributed by atoms with Gasteiger partial charge in [0.15, 0.2) is 5.82 Å². The number of fused-ring (bicyclic) bond motifs is 1. The molecule has 2 N–H and O–H groups in total. The van der Waals surface area contributed by atoms with Crippen molar-refractivity contribution in [1.29, 1.82) is 0 Å². The minimum Gasteiger partial charge on any atom is -0.478 e. The zero-order chi connectivity index (χ0) is 12.0. The fourth-order valence-electron chi connectivity index (χ4n) is 2.01.